The van der Waals surface area contributed by atoms with E-state index < -0.39 is 0 Å². The molecule has 5 rings (SSSR count). The normalized spacial score (nSPS) is 52.5. The molecule has 5 aliphatic carbocycles. The molecule has 5 fully saturated rings. The molecule has 3 nitrogen and oxygen atoms in total. The van der Waals surface area contributed by atoms with Gasteiger partial charge in [0.05, 0.1) is 0 Å². The first kappa shape index (κ1) is 25.8. The van der Waals surface area contributed by atoms with E-state index in [9.17, 15) is 9.90 Å². The Bertz CT molecular complexity index is 891. The standard InChI is InChI=1S/C32H52O3/c1-20(2)22-11-16-32(19-33)18-17-30(7)23(27(22)32)9-10-25-29(6)14-13-26(35-21(3)34)28(4,5)24(29)12-15-31(25,30)8/h22-27,33H,1,9-19H2,2-8H3/t22-,23+,24-,25?,26-,27+,29-,30+,31+,32+/m0/s1. The lowest BCUT2D eigenvalue weighted by Gasteiger charge is -2.73. The maximum Gasteiger partial charge on any atom is 0.302 e. The Hall–Kier alpha value is -0.830. The number of aliphatic hydroxyl groups is 1. The van der Waals surface area contributed by atoms with Crippen molar-refractivity contribution in [2.24, 2.45) is 56.7 Å². The molecule has 0 spiro atoms. The summed E-state index contributed by atoms with van der Waals surface area (Å²) in [5.41, 5.74) is 2.45. The molecule has 35 heavy (non-hydrogen) atoms. The van der Waals surface area contributed by atoms with E-state index in [2.05, 4.69) is 48.1 Å². The number of hydrogen-bond acceptors (Lipinski definition) is 3. The van der Waals surface area contributed by atoms with Crippen LogP contribution in [-0.2, 0) is 9.53 Å². The van der Waals surface area contributed by atoms with Crippen molar-refractivity contribution in [2.45, 2.75) is 119 Å². The predicted octanol–water partition coefficient (Wildman–Crippen LogP) is 7.57. The second-order valence-electron chi connectivity index (χ2n) is 15.2. The Morgan fingerprint density at radius 3 is 2.20 bits per heavy atom. The summed E-state index contributed by atoms with van der Waals surface area (Å²) in [7, 11) is 0. The van der Waals surface area contributed by atoms with Gasteiger partial charge in [0.15, 0.2) is 0 Å². The van der Waals surface area contributed by atoms with Gasteiger partial charge in [-0.25, -0.2) is 0 Å². The number of carbonyl (C=O) groups excluding carboxylic acids is 1. The largest absolute Gasteiger partial charge is 0.462 e. The average molecular weight is 485 g/mol. The van der Waals surface area contributed by atoms with E-state index in [0.29, 0.717) is 46.5 Å². The molecule has 3 heteroatoms. The van der Waals surface area contributed by atoms with Crippen molar-refractivity contribution in [2.75, 3.05) is 6.61 Å². The minimum absolute atomic E-state index is 0.0207. The van der Waals surface area contributed by atoms with Crippen LogP contribution in [0.2, 0.25) is 0 Å². The fourth-order valence-electron chi connectivity index (χ4n) is 11.9. The molecule has 5 aliphatic rings. The van der Waals surface area contributed by atoms with Crippen LogP contribution in [0.15, 0.2) is 12.2 Å². The number of fused-ring (bicyclic) bond motifs is 7. The number of ether oxygens (including phenoxy) is 1. The number of allylic oxidation sites excluding steroid dienone is 1. The van der Waals surface area contributed by atoms with Crippen molar-refractivity contribution in [1.82, 2.24) is 0 Å². The maximum absolute atomic E-state index is 11.9. The molecule has 10 atom stereocenters. The Kier molecular flexibility index (Phi) is 5.96. The summed E-state index contributed by atoms with van der Waals surface area (Å²) in [6.07, 6.45) is 12.2. The van der Waals surface area contributed by atoms with Crippen LogP contribution < -0.4 is 0 Å². The van der Waals surface area contributed by atoms with Gasteiger partial charge in [-0.05, 0) is 122 Å². The Balaban J connectivity index is 1.51. The third kappa shape index (κ3) is 3.28. The summed E-state index contributed by atoms with van der Waals surface area (Å²) in [5, 5.41) is 10.7. The summed E-state index contributed by atoms with van der Waals surface area (Å²) in [4.78, 5) is 11.9. The number of rotatable bonds is 3. The molecule has 0 aliphatic heterocycles. The van der Waals surface area contributed by atoms with Gasteiger partial charge in [0, 0.05) is 18.9 Å². The van der Waals surface area contributed by atoms with E-state index in [1.54, 1.807) is 6.92 Å². The minimum Gasteiger partial charge on any atom is -0.462 e. The van der Waals surface area contributed by atoms with Crippen molar-refractivity contribution >= 4 is 5.97 Å². The maximum atomic E-state index is 11.9. The second-order valence-corrected chi connectivity index (χ2v) is 15.2. The lowest BCUT2D eigenvalue weighted by molar-refractivity contribution is -0.251. The van der Waals surface area contributed by atoms with Gasteiger partial charge in [0.25, 0.3) is 0 Å². The fraction of sp³-hybridized carbons (Fsp3) is 0.906. The molecule has 0 aromatic rings. The molecule has 0 heterocycles. The highest BCUT2D eigenvalue weighted by Gasteiger charge is 2.71. The minimum atomic E-state index is -0.126. The van der Waals surface area contributed by atoms with E-state index in [4.69, 9.17) is 4.74 Å². The highest BCUT2D eigenvalue weighted by atomic mass is 16.5. The van der Waals surface area contributed by atoms with Gasteiger partial charge in [-0.3, -0.25) is 4.79 Å². The molecule has 0 radical (unpaired) electrons. The van der Waals surface area contributed by atoms with Crippen LogP contribution in [0.5, 0.6) is 0 Å². The van der Waals surface area contributed by atoms with Crippen LogP contribution in [0.4, 0.5) is 0 Å². The van der Waals surface area contributed by atoms with E-state index in [1.165, 1.54) is 63.4 Å². The average Bonchev–Trinajstić information content (AvgIpc) is 3.16. The molecular formula is C32H52O3. The summed E-state index contributed by atoms with van der Waals surface area (Å²) < 4.78 is 5.90. The molecule has 0 aromatic carbocycles. The zero-order chi connectivity index (χ0) is 25.6. The molecule has 0 bridgehead atoms. The molecule has 5 saturated carbocycles. The quantitative estimate of drug-likeness (QED) is 0.332. The lowest BCUT2D eigenvalue weighted by Crippen LogP contribution is -2.67. The first-order valence-corrected chi connectivity index (χ1v) is 14.7. The second kappa shape index (κ2) is 8.08. The van der Waals surface area contributed by atoms with Crippen molar-refractivity contribution in [3.05, 3.63) is 12.2 Å². The van der Waals surface area contributed by atoms with Crippen molar-refractivity contribution in [1.29, 1.82) is 0 Å². The molecule has 0 amide bonds. The van der Waals surface area contributed by atoms with Crippen LogP contribution in [0.3, 0.4) is 0 Å². The van der Waals surface area contributed by atoms with E-state index in [1.807, 2.05) is 0 Å². The van der Waals surface area contributed by atoms with Crippen LogP contribution in [0.1, 0.15) is 113 Å². The van der Waals surface area contributed by atoms with Gasteiger partial charge in [-0.1, -0.05) is 46.8 Å². The Morgan fingerprint density at radius 2 is 1.57 bits per heavy atom. The first-order valence-electron chi connectivity index (χ1n) is 14.7. The molecule has 198 valence electrons. The van der Waals surface area contributed by atoms with Crippen LogP contribution in [0.25, 0.3) is 0 Å². The van der Waals surface area contributed by atoms with Crippen molar-refractivity contribution in [3.63, 3.8) is 0 Å². The summed E-state index contributed by atoms with van der Waals surface area (Å²) in [5.74, 6) is 3.07. The van der Waals surface area contributed by atoms with Gasteiger partial charge in [0.2, 0.25) is 0 Å². The molecular weight excluding hydrogens is 432 g/mol. The van der Waals surface area contributed by atoms with Crippen LogP contribution in [-0.4, -0.2) is 23.8 Å². The Labute approximate surface area is 214 Å². The van der Waals surface area contributed by atoms with E-state index in [0.717, 1.165) is 12.3 Å². The smallest absolute Gasteiger partial charge is 0.302 e. The van der Waals surface area contributed by atoms with E-state index in [-0.39, 0.29) is 22.9 Å². The van der Waals surface area contributed by atoms with Crippen molar-refractivity contribution in [3.8, 4) is 0 Å². The molecule has 1 N–H and O–H groups in total. The summed E-state index contributed by atoms with van der Waals surface area (Å²) in [6, 6.07) is 0. The Morgan fingerprint density at radius 1 is 0.857 bits per heavy atom. The summed E-state index contributed by atoms with van der Waals surface area (Å²) in [6.45, 7) is 21.3. The van der Waals surface area contributed by atoms with Gasteiger partial charge < -0.3 is 9.84 Å². The highest BCUT2D eigenvalue weighted by Crippen LogP contribution is 2.77. The van der Waals surface area contributed by atoms with Gasteiger partial charge >= 0.3 is 5.97 Å². The predicted molar refractivity (Wildman–Crippen MR) is 142 cm³/mol. The SMILES string of the molecule is C=C(C)[C@@H]1CC[C@]2(CO)CC[C@]3(C)[C@H](CCC4[C@@]5(C)CC[C@H](OC(C)=O)C(C)(C)[C@@H]5CC[C@]43C)[C@@H]12. The van der Waals surface area contributed by atoms with Gasteiger partial charge in [-0.15, -0.1) is 0 Å². The van der Waals surface area contributed by atoms with E-state index >= 15 is 0 Å². The lowest BCUT2D eigenvalue weighted by atomic mass is 9.32. The fourth-order valence-corrected chi connectivity index (χ4v) is 11.9. The zero-order valence-corrected chi connectivity index (χ0v) is 23.7. The molecule has 0 saturated heterocycles. The topological polar surface area (TPSA) is 46.5 Å². The summed E-state index contributed by atoms with van der Waals surface area (Å²) >= 11 is 0. The van der Waals surface area contributed by atoms with Crippen LogP contribution in [0, 0.1) is 56.7 Å². The molecule has 0 aromatic heterocycles. The van der Waals surface area contributed by atoms with Crippen LogP contribution >= 0.6 is 0 Å². The van der Waals surface area contributed by atoms with Crippen molar-refractivity contribution < 1.29 is 14.6 Å². The number of carbonyl (C=O) groups is 1. The third-order valence-corrected chi connectivity index (χ3v) is 13.8. The monoisotopic (exact) mass is 484 g/mol. The van der Waals surface area contributed by atoms with Gasteiger partial charge in [0.1, 0.15) is 6.10 Å². The number of esters is 1. The zero-order valence-electron chi connectivity index (χ0n) is 23.7. The molecule has 1 unspecified atom stereocenters. The third-order valence-electron chi connectivity index (χ3n) is 13.8. The van der Waals surface area contributed by atoms with Gasteiger partial charge in [-0.2, -0.15) is 0 Å². The number of aliphatic hydroxyl groups excluding tert-OH is 1. The number of hydrogen-bond donors (Lipinski definition) is 1. The highest BCUT2D eigenvalue weighted by molar-refractivity contribution is 5.66. The first-order chi connectivity index (χ1) is 16.3.